The van der Waals surface area contributed by atoms with Crippen LogP contribution < -0.4 is 11.3 Å². The van der Waals surface area contributed by atoms with Crippen LogP contribution in [0.25, 0.3) is 0 Å². The van der Waals surface area contributed by atoms with Gasteiger partial charge in [0.15, 0.2) is 0 Å². The number of hydrazine groups is 1. The zero-order valence-electron chi connectivity index (χ0n) is 9.59. The third kappa shape index (κ3) is 3.56. The van der Waals surface area contributed by atoms with E-state index in [-0.39, 0.29) is 11.1 Å². The molecule has 3 N–H and O–H groups in total. The fourth-order valence-electron chi connectivity index (χ4n) is 1.78. The number of nitrogens with one attached hydrogen (secondary N) is 1. The molecule has 0 aliphatic heterocycles. The van der Waals surface area contributed by atoms with E-state index < -0.39 is 5.82 Å². The van der Waals surface area contributed by atoms with Crippen LogP contribution in [0.3, 0.4) is 0 Å². The third-order valence-corrected chi connectivity index (χ3v) is 5.39. The minimum atomic E-state index is -0.394. The summed E-state index contributed by atoms with van der Waals surface area (Å²) in [6.07, 6.45) is 0.421. The largest absolute Gasteiger partial charge is 0.271 e. The van der Waals surface area contributed by atoms with Gasteiger partial charge in [0.1, 0.15) is 5.82 Å². The molecule has 0 spiro atoms. The van der Waals surface area contributed by atoms with Crippen molar-refractivity contribution in [2.75, 3.05) is 0 Å². The minimum absolute atomic E-state index is 0.124. The summed E-state index contributed by atoms with van der Waals surface area (Å²) < 4.78 is 15.9. The van der Waals surface area contributed by atoms with Crippen LogP contribution in [0.2, 0.25) is 5.02 Å². The summed E-state index contributed by atoms with van der Waals surface area (Å²) >= 11 is 14.2. The fourth-order valence-corrected chi connectivity index (χ4v) is 4.94. The van der Waals surface area contributed by atoms with Gasteiger partial charge < -0.3 is 0 Å². The number of hydrogen-bond acceptors (Lipinski definition) is 3. The molecule has 0 saturated heterocycles. The highest BCUT2D eigenvalue weighted by Gasteiger charge is 2.18. The molecule has 7 heteroatoms. The lowest BCUT2D eigenvalue weighted by molar-refractivity contribution is 0.529. The van der Waals surface area contributed by atoms with Crippen LogP contribution in [-0.4, -0.2) is 0 Å². The van der Waals surface area contributed by atoms with E-state index in [0.29, 0.717) is 12.0 Å². The first-order chi connectivity index (χ1) is 9.02. The summed E-state index contributed by atoms with van der Waals surface area (Å²) in [6, 6.07) is 6.74. The number of thiophene rings is 1. The van der Waals surface area contributed by atoms with Crippen LogP contribution >= 0.6 is 54.8 Å². The topological polar surface area (TPSA) is 38.0 Å². The Balaban J connectivity index is 2.29. The molecule has 0 bridgehead atoms. The van der Waals surface area contributed by atoms with Crippen LogP contribution in [0.15, 0.2) is 31.8 Å². The summed E-state index contributed by atoms with van der Waals surface area (Å²) in [5, 5.41) is 0.124. The molecule has 1 aromatic heterocycles. The Morgan fingerprint density at radius 3 is 2.74 bits per heavy atom. The highest BCUT2D eigenvalue weighted by atomic mass is 79.9. The van der Waals surface area contributed by atoms with Gasteiger partial charge in [-0.3, -0.25) is 11.3 Å². The SMILES string of the molecule is NNC(Cc1cccc(Cl)c1F)c1cc(Br)sc1Br. The molecule has 0 fully saturated rings. The first-order valence-corrected chi connectivity index (χ1v) is 8.14. The highest BCUT2D eigenvalue weighted by Crippen LogP contribution is 2.36. The monoisotopic (exact) mass is 426 g/mol. The van der Waals surface area contributed by atoms with Crippen molar-refractivity contribution in [3.05, 3.63) is 53.8 Å². The standard InChI is InChI=1S/C12H10Br2ClFN2S/c13-10-5-7(12(14)19-10)9(18-17)4-6-2-1-3-8(15)11(6)16/h1-3,5,9,18H,4,17H2. The van der Waals surface area contributed by atoms with Gasteiger partial charge in [-0.05, 0) is 61.5 Å². The van der Waals surface area contributed by atoms with E-state index in [1.54, 1.807) is 23.5 Å². The molecule has 1 heterocycles. The molecule has 19 heavy (non-hydrogen) atoms. The average molecular weight is 429 g/mol. The molecule has 0 saturated carbocycles. The molecule has 0 radical (unpaired) electrons. The number of rotatable bonds is 4. The van der Waals surface area contributed by atoms with Crippen molar-refractivity contribution < 1.29 is 4.39 Å². The van der Waals surface area contributed by atoms with E-state index in [1.807, 2.05) is 6.07 Å². The van der Waals surface area contributed by atoms with Crippen LogP contribution in [0.1, 0.15) is 17.2 Å². The van der Waals surface area contributed by atoms with Gasteiger partial charge in [0.05, 0.1) is 18.6 Å². The van der Waals surface area contributed by atoms with Crippen molar-refractivity contribution in [2.24, 2.45) is 5.84 Å². The first kappa shape index (κ1) is 15.4. The molecule has 102 valence electrons. The van der Waals surface area contributed by atoms with Crippen molar-refractivity contribution >= 4 is 54.8 Å². The van der Waals surface area contributed by atoms with Crippen molar-refractivity contribution in [1.29, 1.82) is 0 Å². The zero-order chi connectivity index (χ0) is 14.0. The van der Waals surface area contributed by atoms with Crippen LogP contribution in [0.4, 0.5) is 4.39 Å². The fraction of sp³-hybridized carbons (Fsp3) is 0.167. The normalized spacial score (nSPS) is 12.7. The van der Waals surface area contributed by atoms with Crippen molar-refractivity contribution in [3.8, 4) is 0 Å². The lowest BCUT2D eigenvalue weighted by atomic mass is 10.0. The third-order valence-electron chi connectivity index (χ3n) is 2.72. The first-order valence-electron chi connectivity index (χ1n) is 5.36. The van der Waals surface area contributed by atoms with E-state index >= 15 is 0 Å². The number of hydrogen-bond donors (Lipinski definition) is 2. The van der Waals surface area contributed by atoms with Gasteiger partial charge in [0.2, 0.25) is 0 Å². The lowest BCUT2D eigenvalue weighted by Crippen LogP contribution is -2.29. The lowest BCUT2D eigenvalue weighted by Gasteiger charge is -2.16. The molecule has 1 aromatic carbocycles. The molecule has 0 aliphatic rings. The summed E-state index contributed by atoms with van der Waals surface area (Å²) in [5.74, 6) is 5.19. The van der Waals surface area contributed by atoms with Gasteiger partial charge in [-0.1, -0.05) is 23.7 Å². The number of halogens is 4. The molecule has 1 atom stereocenters. The Morgan fingerprint density at radius 1 is 1.42 bits per heavy atom. The quantitative estimate of drug-likeness (QED) is 0.542. The Morgan fingerprint density at radius 2 is 2.16 bits per heavy atom. The smallest absolute Gasteiger partial charge is 0.145 e. The number of benzene rings is 1. The Hall–Kier alpha value is 0.0200. The summed E-state index contributed by atoms with van der Waals surface area (Å²) in [7, 11) is 0. The van der Waals surface area contributed by atoms with E-state index in [0.717, 1.165) is 13.1 Å². The Bertz CT molecular complexity index is 591. The Labute approximate surface area is 136 Å². The molecule has 0 aliphatic carbocycles. The summed E-state index contributed by atoms with van der Waals surface area (Å²) in [4.78, 5) is 0. The van der Waals surface area contributed by atoms with Crippen molar-refractivity contribution in [2.45, 2.75) is 12.5 Å². The van der Waals surface area contributed by atoms with Gasteiger partial charge in [0, 0.05) is 0 Å². The van der Waals surface area contributed by atoms with Gasteiger partial charge >= 0.3 is 0 Å². The van der Waals surface area contributed by atoms with E-state index in [1.165, 1.54) is 6.07 Å². The maximum atomic E-state index is 13.9. The van der Waals surface area contributed by atoms with Crippen LogP contribution in [0.5, 0.6) is 0 Å². The average Bonchev–Trinajstić information content (AvgIpc) is 2.70. The zero-order valence-corrected chi connectivity index (χ0v) is 14.3. The van der Waals surface area contributed by atoms with Gasteiger partial charge in [-0.25, -0.2) is 4.39 Å². The van der Waals surface area contributed by atoms with Crippen molar-refractivity contribution in [1.82, 2.24) is 5.43 Å². The second kappa shape index (κ2) is 6.65. The van der Waals surface area contributed by atoms with Gasteiger partial charge in [0.25, 0.3) is 0 Å². The molecular weight excluding hydrogens is 418 g/mol. The predicted molar refractivity (Wildman–Crippen MR) is 84.9 cm³/mol. The van der Waals surface area contributed by atoms with Crippen molar-refractivity contribution in [3.63, 3.8) is 0 Å². The molecule has 2 aromatic rings. The maximum Gasteiger partial charge on any atom is 0.145 e. The molecule has 0 amide bonds. The predicted octanol–water partition coefficient (Wildman–Crippen LogP) is 4.81. The van der Waals surface area contributed by atoms with Crippen LogP contribution in [0, 0.1) is 5.82 Å². The highest BCUT2D eigenvalue weighted by molar-refractivity contribution is 9.12. The summed E-state index contributed by atoms with van der Waals surface area (Å²) in [6.45, 7) is 0. The molecular formula is C12H10Br2ClFN2S. The van der Waals surface area contributed by atoms with Gasteiger partial charge in [-0.2, -0.15) is 0 Å². The van der Waals surface area contributed by atoms with Gasteiger partial charge in [-0.15, -0.1) is 11.3 Å². The molecule has 2 rings (SSSR count). The molecule has 2 nitrogen and oxygen atoms in total. The van der Waals surface area contributed by atoms with Crippen LogP contribution in [-0.2, 0) is 6.42 Å². The second-order valence-electron chi connectivity index (χ2n) is 3.92. The Kier molecular flexibility index (Phi) is 5.39. The second-order valence-corrected chi connectivity index (χ2v) is 8.07. The van der Waals surface area contributed by atoms with E-state index in [9.17, 15) is 4.39 Å². The van der Waals surface area contributed by atoms with E-state index in [2.05, 4.69) is 37.3 Å². The molecule has 1 unspecified atom stereocenters. The minimum Gasteiger partial charge on any atom is -0.271 e. The maximum absolute atomic E-state index is 13.9. The summed E-state index contributed by atoms with van der Waals surface area (Å²) in [5.41, 5.74) is 4.23. The number of nitrogens with two attached hydrogens (primary N) is 1. The van der Waals surface area contributed by atoms with E-state index in [4.69, 9.17) is 17.4 Å².